The van der Waals surface area contributed by atoms with E-state index in [0.29, 0.717) is 5.54 Å². The van der Waals surface area contributed by atoms with Crippen LogP contribution in [0.4, 0.5) is 0 Å². The highest BCUT2D eigenvalue weighted by Gasteiger charge is 2.31. The van der Waals surface area contributed by atoms with Crippen LogP contribution in [0.25, 0.3) is 0 Å². The average molecular weight is 252 g/mol. The van der Waals surface area contributed by atoms with Crippen LogP contribution in [0.2, 0.25) is 0 Å². The standard InChI is InChI=1S/C16H32N2/c1-14-7-8-15(2)18(13-14)12-11-16(17-3)9-5-4-6-10-16/h14-15,17H,4-13H2,1-3H3. The van der Waals surface area contributed by atoms with Gasteiger partial charge in [0.25, 0.3) is 0 Å². The maximum Gasteiger partial charge on any atom is 0.0190 e. The number of nitrogens with zero attached hydrogens (tertiary/aromatic N) is 1. The van der Waals surface area contributed by atoms with Gasteiger partial charge in [0.15, 0.2) is 0 Å². The molecular formula is C16H32N2. The minimum atomic E-state index is 0.457. The largest absolute Gasteiger partial charge is 0.314 e. The van der Waals surface area contributed by atoms with Gasteiger partial charge in [-0.2, -0.15) is 0 Å². The third-order valence-electron chi connectivity index (χ3n) is 5.47. The Bertz CT molecular complexity index is 245. The lowest BCUT2D eigenvalue weighted by Gasteiger charge is -2.42. The summed E-state index contributed by atoms with van der Waals surface area (Å²) in [6, 6.07) is 0.804. The van der Waals surface area contributed by atoms with Gasteiger partial charge >= 0.3 is 0 Å². The van der Waals surface area contributed by atoms with Gasteiger partial charge in [0.05, 0.1) is 0 Å². The van der Waals surface area contributed by atoms with Gasteiger partial charge in [-0.15, -0.1) is 0 Å². The Morgan fingerprint density at radius 1 is 1.11 bits per heavy atom. The van der Waals surface area contributed by atoms with Crippen molar-refractivity contribution >= 4 is 0 Å². The van der Waals surface area contributed by atoms with E-state index in [4.69, 9.17) is 0 Å². The van der Waals surface area contributed by atoms with Crippen LogP contribution in [0.15, 0.2) is 0 Å². The van der Waals surface area contributed by atoms with Crippen LogP contribution in [0.3, 0.4) is 0 Å². The fraction of sp³-hybridized carbons (Fsp3) is 1.00. The van der Waals surface area contributed by atoms with Crippen molar-refractivity contribution in [2.75, 3.05) is 20.1 Å². The van der Waals surface area contributed by atoms with Crippen LogP contribution in [0.1, 0.15) is 65.2 Å². The number of hydrogen-bond donors (Lipinski definition) is 1. The summed E-state index contributed by atoms with van der Waals surface area (Å²) in [4.78, 5) is 2.74. The molecule has 2 nitrogen and oxygen atoms in total. The molecule has 1 aliphatic heterocycles. The van der Waals surface area contributed by atoms with Gasteiger partial charge in [0.1, 0.15) is 0 Å². The number of rotatable bonds is 4. The summed E-state index contributed by atoms with van der Waals surface area (Å²) in [5.74, 6) is 0.901. The van der Waals surface area contributed by atoms with E-state index in [1.54, 1.807) is 0 Å². The fourth-order valence-electron chi connectivity index (χ4n) is 3.90. The molecule has 0 aromatic carbocycles. The summed E-state index contributed by atoms with van der Waals surface area (Å²) >= 11 is 0. The number of hydrogen-bond acceptors (Lipinski definition) is 2. The lowest BCUT2D eigenvalue weighted by Crippen LogP contribution is -2.49. The highest BCUT2D eigenvalue weighted by atomic mass is 15.2. The summed E-state index contributed by atoms with van der Waals surface area (Å²) in [5.41, 5.74) is 0.457. The second-order valence-corrected chi connectivity index (χ2v) is 6.87. The Hall–Kier alpha value is -0.0800. The minimum Gasteiger partial charge on any atom is -0.314 e. The van der Waals surface area contributed by atoms with Crippen molar-refractivity contribution < 1.29 is 0 Å². The average Bonchev–Trinajstić information content (AvgIpc) is 2.41. The second-order valence-electron chi connectivity index (χ2n) is 6.87. The quantitative estimate of drug-likeness (QED) is 0.825. The Balaban J connectivity index is 1.84. The van der Waals surface area contributed by atoms with Crippen molar-refractivity contribution in [1.82, 2.24) is 10.2 Å². The molecule has 0 aromatic heterocycles. The van der Waals surface area contributed by atoms with Gasteiger partial charge < -0.3 is 10.2 Å². The Morgan fingerprint density at radius 3 is 2.50 bits per heavy atom. The predicted octanol–water partition coefficient (Wildman–Crippen LogP) is 3.42. The SMILES string of the molecule is CNC1(CCN2CC(C)CCC2C)CCCCC1. The molecule has 1 saturated carbocycles. The Labute approximate surface area is 114 Å². The van der Waals surface area contributed by atoms with Crippen molar-refractivity contribution in [3.63, 3.8) is 0 Å². The maximum absolute atomic E-state index is 3.66. The van der Waals surface area contributed by atoms with E-state index >= 15 is 0 Å². The Kier molecular flexibility index (Phi) is 5.08. The first-order chi connectivity index (χ1) is 8.65. The summed E-state index contributed by atoms with van der Waals surface area (Å²) in [6.07, 6.45) is 11.2. The predicted molar refractivity (Wildman–Crippen MR) is 78.9 cm³/mol. The smallest absolute Gasteiger partial charge is 0.0190 e. The van der Waals surface area contributed by atoms with Gasteiger partial charge in [-0.05, 0) is 52.0 Å². The topological polar surface area (TPSA) is 15.3 Å². The molecule has 2 aliphatic rings. The van der Waals surface area contributed by atoms with Crippen molar-refractivity contribution in [3.05, 3.63) is 0 Å². The van der Waals surface area contributed by atoms with Crippen LogP contribution in [0, 0.1) is 5.92 Å². The number of nitrogens with one attached hydrogen (secondary N) is 1. The molecule has 2 heteroatoms. The van der Waals surface area contributed by atoms with E-state index in [2.05, 4.69) is 31.1 Å². The van der Waals surface area contributed by atoms with E-state index in [-0.39, 0.29) is 0 Å². The van der Waals surface area contributed by atoms with Gasteiger partial charge in [-0.1, -0.05) is 26.2 Å². The van der Waals surface area contributed by atoms with E-state index in [9.17, 15) is 0 Å². The molecule has 1 saturated heterocycles. The van der Waals surface area contributed by atoms with Gasteiger partial charge in [-0.25, -0.2) is 0 Å². The Morgan fingerprint density at radius 2 is 1.83 bits per heavy atom. The molecule has 106 valence electrons. The van der Waals surface area contributed by atoms with Crippen LogP contribution in [-0.2, 0) is 0 Å². The van der Waals surface area contributed by atoms with Gasteiger partial charge in [0.2, 0.25) is 0 Å². The van der Waals surface area contributed by atoms with Crippen LogP contribution >= 0.6 is 0 Å². The van der Waals surface area contributed by atoms with E-state index in [0.717, 1.165) is 12.0 Å². The van der Waals surface area contributed by atoms with Crippen molar-refractivity contribution in [3.8, 4) is 0 Å². The molecule has 2 atom stereocenters. The van der Waals surface area contributed by atoms with E-state index in [1.165, 1.54) is 64.5 Å². The normalized spacial score (nSPS) is 33.5. The molecule has 2 unspecified atom stereocenters. The zero-order chi connectivity index (χ0) is 13.0. The zero-order valence-corrected chi connectivity index (χ0v) is 12.7. The molecule has 18 heavy (non-hydrogen) atoms. The third-order valence-corrected chi connectivity index (χ3v) is 5.47. The first-order valence-electron chi connectivity index (χ1n) is 8.08. The lowest BCUT2D eigenvalue weighted by atomic mass is 9.79. The van der Waals surface area contributed by atoms with Crippen LogP contribution < -0.4 is 5.32 Å². The molecule has 0 radical (unpaired) electrons. The highest BCUT2D eigenvalue weighted by Crippen LogP contribution is 2.32. The molecule has 0 aromatic rings. The number of piperidine rings is 1. The fourth-order valence-corrected chi connectivity index (χ4v) is 3.90. The zero-order valence-electron chi connectivity index (χ0n) is 12.7. The van der Waals surface area contributed by atoms with Gasteiger partial charge in [0, 0.05) is 24.7 Å². The van der Waals surface area contributed by atoms with Crippen LogP contribution in [0.5, 0.6) is 0 Å². The summed E-state index contributed by atoms with van der Waals surface area (Å²) in [7, 11) is 2.17. The molecule has 2 rings (SSSR count). The molecule has 1 N–H and O–H groups in total. The monoisotopic (exact) mass is 252 g/mol. The van der Waals surface area contributed by atoms with E-state index in [1.807, 2.05) is 0 Å². The third kappa shape index (κ3) is 3.48. The highest BCUT2D eigenvalue weighted by molar-refractivity contribution is 4.91. The molecule has 1 aliphatic carbocycles. The molecule has 0 amide bonds. The van der Waals surface area contributed by atoms with Crippen molar-refractivity contribution in [2.45, 2.75) is 76.8 Å². The van der Waals surface area contributed by atoms with Crippen molar-refractivity contribution in [2.24, 2.45) is 5.92 Å². The first-order valence-corrected chi connectivity index (χ1v) is 8.08. The molecule has 1 heterocycles. The molecular weight excluding hydrogens is 220 g/mol. The number of likely N-dealkylation sites (tertiary alicyclic amines) is 1. The minimum absolute atomic E-state index is 0.457. The van der Waals surface area contributed by atoms with Crippen molar-refractivity contribution in [1.29, 1.82) is 0 Å². The summed E-state index contributed by atoms with van der Waals surface area (Å²) in [5, 5.41) is 3.66. The van der Waals surface area contributed by atoms with E-state index < -0.39 is 0 Å². The maximum atomic E-state index is 3.66. The first kappa shape index (κ1) is 14.3. The molecule has 0 bridgehead atoms. The van der Waals surface area contributed by atoms with Crippen LogP contribution in [-0.4, -0.2) is 36.6 Å². The molecule has 0 spiro atoms. The lowest BCUT2D eigenvalue weighted by molar-refractivity contribution is 0.102. The second kappa shape index (κ2) is 6.38. The van der Waals surface area contributed by atoms with Gasteiger partial charge in [-0.3, -0.25) is 0 Å². The summed E-state index contributed by atoms with van der Waals surface area (Å²) in [6.45, 7) is 7.44. The molecule has 2 fully saturated rings. The summed E-state index contributed by atoms with van der Waals surface area (Å²) < 4.78 is 0.